The van der Waals surface area contributed by atoms with Crippen LogP contribution in [0.3, 0.4) is 0 Å². The van der Waals surface area contributed by atoms with Crippen LogP contribution >= 0.6 is 0 Å². The van der Waals surface area contributed by atoms with Gasteiger partial charge in [0, 0.05) is 6.54 Å². The van der Waals surface area contributed by atoms with Crippen molar-refractivity contribution in [2.24, 2.45) is 11.8 Å². The number of hydrogen-bond donors (Lipinski definition) is 2. The first kappa shape index (κ1) is 24.0. The summed E-state index contributed by atoms with van der Waals surface area (Å²) >= 11 is 0. The number of likely N-dealkylation sites (tertiary alicyclic amines) is 1. The molecule has 4 atom stereocenters. The number of aryl methyl sites for hydroxylation is 1. The second kappa shape index (κ2) is 9.19. The molecule has 1 saturated heterocycles. The largest absolute Gasteiger partial charge is 0.453 e. The van der Waals surface area contributed by atoms with Crippen molar-refractivity contribution in [3.8, 4) is 11.1 Å². The molecule has 1 saturated carbocycles. The quantitative estimate of drug-likeness (QED) is 0.475. The lowest BCUT2D eigenvalue weighted by atomic mass is 9.73. The van der Waals surface area contributed by atoms with E-state index in [0.29, 0.717) is 12.5 Å². The Morgan fingerprint density at radius 1 is 1.16 bits per heavy atom. The standard InChI is InChI=1S/C30H36N4O3/c1-16(2)27(33-30(36)37-4)29(35)34-13-5-6-25(34)28-31-23-12-9-19(15-24(23)32-28)20-10-7-17(3)22-14-18-8-11-21(18)26(20)22/h7,9-10,12,15-16,18,21,25,27H,5-6,8,11,13-14H2,1-4H3,(H,31,32)(H,33,36)/t18?,21?,25-,27-/m0/s1. The molecule has 1 aliphatic heterocycles. The summed E-state index contributed by atoms with van der Waals surface area (Å²) in [5.41, 5.74) is 9.06. The molecule has 1 aromatic heterocycles. The average molecular weight is 501 g/mol. The zero-order chi connectivity index (χ0) is 25.8. The number of aromatic amines is 1. The van der Waals surface area contributed by atoms with Crippen molar-refractivity contribution in [1.82, 2.24) is 20.2 Å². The summed E-state index contributed by atoms with van der Waals surface area (Å²) < 4.78 is 4.75. The van der Waals surface area contributed by atoms with Crippen LogP contribution in [0.4, 0.5) is 4.79 Å². The van der Waals surface area contributed by atoms with E-state index in [4.69, 9.17) is 9.72 Å². The van der Waals surface area contributed by atoms with Crippen molar-refractivity contribution in [1.29, 1.82) is 0 Å². The number of H-pyrrole nitrogens is 1. The lowest BCUT2D eigenvalue weighted by Gasteiger charge is -2.31. The van der Waals surface area contributed by atoms with Gasteiger partial charge in [-0.1, -0.05) is 32.0 Å². The Labute approximate surface area is 218 Å². The normalized spacial score (nSPS) is 23.1. The van der Waals surface area contributed by atoms with Crippen LogP contribution in [0, 0.1) is 18.8 Å². The molecule has 37 heavy (non-hydrogen) atoms. The van der Waals surface area contributed by atoms with Gasteiger partial charge >= 0.3 is 6.09 Å². The number of fused-ring (bicyclic) bond motifs is 4. The number of imidazole rings is 1. The average Bonchev–Trinajstić information content (AvgIpc) is 3.57. The van der Waals surface area contributed by atoms with Crippen molar-refractivity contribution in [2.75, 3.05) is 13.7 Å². The van der Waals surface area contributed by atoms with Crippen molar-refractivity contribution in [3.05, 3.63) is 52.8 Å². The van der Waals surface area contributed by atoms with Crippen LogP contribution in [0.2, 0.25) is 0 Å². The van der Waals surface area contributed by atoms with Gasteiger partial charge in [0.05, 0.1) is 24.2 Å². The molecule has 2 aromatic carbocycles. The summed E-state index contributed by atoms with van der Waals surface area (Å²) in [7, 11) is 1.31. The predicted octanol–water partition coefficient (Wildman–Crippen LogP) is 5.63. The van der Waals surface area contributed by atoms with E-state index >= 15 is 0 Å². The number of rotatable bonds is 5. The first-order chi connectivity index (χ1) is 17.9. The van der Waals surface area contributed by atoms with E-state index in [9.17, 15) is 9.59 Å². The summed E-state index contributed by atoms with van der Waals surface area (Å²) in [6.07, 6.45) is 5.04. The number of alkyl carbamates (subject to hydrolysis) is 1. The third-order valence-electron chi connectivity index (χ3n) is 8.90. The van der Waals surface area contributed by atoms with E-state index in [2.05, 4.69) is 47.6 Å². The highest BCUT2D eigenvalue weighted by atomic mass is 16.5. The molecule has 2 unspecified atom stereocenters. The molecule has 2 aliphatic carbocycles. The van der Waals surface area contributed by atoms with Gasteiger partial charge in [-0.3, -0.25) is 4.79 Å². The fraction of sp³-hybridized carbons (Fsp3) is 0.500. The van der Waals surface area contributed by atoms with E-state index in [1.54, 1.807) is 11.1 Å². The zero-order valence-corrected chi connectivity index (χ0v) is 22.1. The van der Waals surface area contributed by atoms with Gasteiger partial charge in [0.2, 0.25) is 5.91 Å². The summed E-state index contributed by atoms with van der Waals surface area (Å²) in [5, 5.41) is 2.72. The summed E-state index contributed by atoms with van der Waals surface area (Å²) in [6.45, 7) is 6.76. The van der Waals surface area contributed by atoms with Crippen molar-refractivity contribution in [2.45, 2.75) is 70.9 Å². The molecule has 2 fully saturated rings. The van der Waals surface area contributed by atoms with Crippen molar-refractivity contribution in [3.63, 3.8) is 0 Å². The van der Waals surface area contributed by atoms with Crippen LogP contribution in [0.15, 0.2) is 30.3 Å². The number of methoxy groups -OCH3 is 1. The maximum Gasteiger partial charge on any atom is 0.407 e. The second-order valence-electron chi connectivity index (χ2n) is 11.4. The highest BCUT2D eigenvalue weighted by Gasteiger charge is 2.41. The molecular weight excluding hydrogens is 464 g/mol. The number of ether oxygens (including phenoxy) is 1. The maximum absolute atomic E-state index is 13.5. The maximum atomic E-state index is 13.5. The first-order valence-electron chi connectivity index (χ1n) is 13.6. The number of hydrogen-bond acceptors (Lipinski definition) is 4. The Morgan fingerprint density at radius 2 is 2.00 bits per heavy atom. The van der Waals surface area contributed by atoms with E-state index in [1.807, 2.05) is 18.7 Å². The monoisotopic (exact) mass is 500 g/mol. The molecule has 2 heterocycles. The van der Waals surface area contributed by atoms with E-state index in [-0.39, 0.29) is 17.9 Å². The Morgan fingerprint density at radius 3 is 2.73 bits per heavy atom. The van der Waals surface area contributed by atoms with Crippen molar-refractivity contribution >= 4 is 23.0 Å². The highest BCUT2D eigenvalue weighted by molar-refractivity contribution is 5.87. The highest BCUT2D eigenvalue weighted by Crippen LogP contribution is 2.54. The molecule has 0 spiro atoms. The van der Waals surface area contributed by atoms with Crippen LogP contribution < -0.4 is 5.32 Å². The molecule has 2 N–H and O–H groups in total. The van der Waals surface area contributed by atoms with Crippen LogP contribution in [-0.2, 0) is 16.0 Å². The minimum atomic E-state index is -0.636. The number of nitrogens with one attached hydrogen (secondary N) is 2. The smallest absolute Gasteiger partial charge is 0.407 e. The van der Waals surface area contributed by atoms with E-state index in [0.717, 1.165) is 35.6 Å². The molecule has 3 aromatic rings. The number of carbonyl (C=O) groups is 2. The fourth-order valence-corrected chi connectivity index (χ4v) is 6.72. The third kappa shape index (κ3) is 3.99. The Balaban J connectivity index is 1.30. The minimum absolute atomic E-state index is 0.0578. The lowest BCUT2D eigenvalue weighted by Crippen LogP contribution is -2.51. The van der Waals surface area contributed by atoms with Crippen LogP contribution in [-0.4, -0.2) is 46.6 Å². The second-order valence-corrected chi connectivity index (χ2v) is 11.4. The molecule has 194 valence electrons. The SMILES string of the molecule is COC(=O)N[C@H](C(=O)N1CCC[C@H]1c1nc2ccc(-c3ccc(C)c4c3C3CCC3C4)cc2[nH]1)C(C)C. The molecule has 2 amide bonds. The van der Waals surface area contributed by atoms with Gasteiger partial charge in [-0.15, -0.1) is 0 Å². The van der Waals surface area contributed by atoms with Crippen LogP contribution in [0.1, 0.15) is 74.0 Å². The molecular formula is C30H36N4O3. The first-order valence-corrected chi connectivity index (χ1v) is 13.6. The summed E-state index contributed by atoms with van der Waals surface area (Å²) in [6, 6.07) is 10.3. The van der Waals surface area contributed by atoms with Gasteiger partial charge in [0.1, 0.15) is 11.9 Å². The van der Waals surface area contributed by atoms with Gasteiger partial charge < -0.3 is 19.9 Å². The zero-order valence-electron chi connectivity index (χ0n) is 22.1. The number of aromatic nitrogens is 2. The van der Waals surface area contributed by atoms with Gasteiger partial charge in [-0.2, -0.15) is 0 Å². The molecule has 0 radical (unpaired) electrons. The van der Waals surface area contributed by atoms with Crippen LogP contribution in [0.5, 0.6) is 0 Å². The Hall–Kier alpha value is -3.35. The predicted molar refractivity (Wildman–Crippen MR) is 143 cm³/mol. The molecule has 6 rings (SSSR count). The third-order valence-corrected chi connectivity index (χ3v) is 8.90. The summed E-state index contributed by atoms with van der Waals surface area (Å²) in [5.74, 6) is 2.20. The van der Waals surface area contributed by atoms with Gasteiger partial charge in [-0.25, -0.2) is 9.78 Å². The lowest BCUT2D eigenvalue weighted by molar-refractivity contribution is -0.135. The molecule has 7 nitrogen and oxygen atoms in total. The number of carbonyl (C=O) groups excluding carboxylic acids is 2. The molecule has 3 aliphatic rings. The van der Waals surface area contributed by atoms with Gasteiger partial charge in [0.15, 0.2) is 0 Å². The van der Waals surface area contributed by atoms with E-state index in [1.165, 1.54) is 43.1 Å². The number of benzene rings is 2. The Kier molecular flexibility index (Phi) is 5.97. The van der Waals surface area contributed by atoms with Crippen LogP contribution in [0.25, 0.3) is 22.2 Å². The number of amides is 2. The van der Waals surface area contributed by atoms with Crippen molar-refractivity contribution < 1.29 is 14.3 Å². The van der Waals surface area contributed by atoms with E-state index < -0.39 is 12.1 Å². The summed E-state index contributed by atoms with van der Waals surface area (Å²) in [4.78, 5) is 35.7. The molecule has 0 bridgehead atoms. The minimum Gasteiger partial charge on any atom is -0.453 e. The van der Waals surface area contributed by atoms with Gasteiger partial charge in [0.25, 0.3) is 0 Å². The molecule has 7 heteroatoms. The topological polar surface area (TPSA) is 87.3 Å². The number of nitrogens with zero attached hydrogens (tertiary/aromatic N) is 2. The van der Waals surface area contributed by atoms with Gasteiger partial charge in [-0.05, 0) is 96.7 Å². The Bertz CT molecular complexity index is 1380. The fourth-order valence-electron chi connectivity index (χ4n) is 6.72.